The van der Waals surface area contributed by atoms with Crippen LogP contribution in [0.2, 0.25) is 0 Å². The smallest absolute Gasteiger partial charge is 0.238 e. The Balaban J connectivity index is 1.70. The van der Waals surface area contributed by atoms with Gasteiger partial charge in [0, 0.05) is 32.7 Å². The van der Waals surface area contributed by atoms with Crippen LogP contribution < -0.4 is 0 Å². The van der Waals surface area contributed by atoms with Crippen LogP contribution in [-0.2, 0) is 32.5 Å². The molecule has 2 heterocycles. The Labute approximate surface area is 203 Å². The van der Waals surface area contributed by atoms with Gasteiger partial charge in [-0.15, -0.1) is 0 Å². The number of nitrogens with zero attached hydrogens (tertiary/aromatic N) is 3. The minimum absolute atomic E-state index is 0.0576. The van der Waals surface area contributed by atoms with E-state index in [-0.39, 0.29) is 18.2 Å². The maximum Gasteiger partial charge on any atom is 0.238 e. The maximum atomic E-state index is 13.4. The first-order valence-corrected chi connectivity index (χ1v) is 13.7. The highest BCUT2D eigenvalue weighted by Gasteiger charge is 2.27. The highest BCUT2D eigenvalue weighted by molar-refractivity contribution is 7.89. The Bertz CT molecular complexity index is 944. The van der Waals surface area contributed by atoms with Gasteiger partial charge in [0.05, 0.1) is 38.3 Å². The minimum Gasteiger partial charge on any atom is -0.467 e. The summed E-state index contributed by atoms with van der Waals surface area (Å²) in [7, 11) is -3.54. The van der Waals surface area contributed by atoms with E-state index in [0.29, 0.717) is 58.0 Å². The Morgan fingerprint density at radius 2 is 1.82 bits per heavy atom. The number of unbranched alkanes of at least 4 members (excludes halogenated alkanes) is 1. The van der Waals surface area contributed by atoms with Gasteiger partial charge in [0.25, 0.3) is 0 Å². The largest absolute Gasteiger partial charge is 0.467 e. The molecule has 1 aliphatic rings. The number of amides is 1. The molecular formula is C25H37N3O5S. The fraction of sp³-hybridized carbons (Fsp3) is 0.560. The number of carbonyl (C=O) groups excluding carboxylic acids is 1. The standard InChI is InChI=1S/C25H37N3O5S/c1-2-3-20-34(30,31)28(14-13-26-15-18-32-19-16-26)22-25(29)27(21-24-10-7-17-33-24)12-11-23-8-5-4-6-9-23/h4-10,17H,2-3,11-16,18-22H2,1H3. The summed E-state index contributed by atoms with van der Waals surface area (Å²) in [5.41, 5.74) is 1.12. The number of hydrogen-bond donors (Lipinski definition) is 0. The third-order valence-electron chi connectivity index (χ3n) is 6.02. The molecule has 188 valence electrons. The average molecular weight is 492 g/mol. The van der Waals surface area contributed by atoms with E-state index in [4.69, 9.17) is 9.15 Å². The fourth-order valence-electron chi connectivity index (χ4n) is 3.89. The summed E-state index contributed by atoms with van der Waals surface area (Å²) in [5, 5.41) is 0. The number of benzene rings is 1. The summed E-state index contributed by atoms with van der Waals surface area (Å²) in [6.07, 6.45) is 3.63. The first-order chi connectivity index (χ1) is 16.5. The van der Waals surface area contributed by atoms with Crippen LogP contribution >= 0.6 is 0 Å². The summed E-state index contributed by atoms with van der Waals surface area (Å²) in [6, 6.07) is 13.6. The average Bonchev–Trinajstić information content (AvgIpc) is 3.37. The highest BCUT2D eigenvalue weighted by atomic mass is 32.2. The summed E-state index contributed by atoms with van der Waals surface area (Å²) < 4.78 is 38.5. The van der Waals surface area contributed by atoms with Crippen LogP contribution in [0.4, 0.5) is 0 Å². The molecule has 1 saturated heterocycles. The Kier molecular flexibility index (Phi) is 10.6. The van der Waals surface area contributed by atoms with E-state index in [1.807, 2.05) is 43.3 Å². The molecule has 1 aromatic heterocycles. The van der Waals surface area contributed by atoms with Gasteiger partial charge in [0.1, 0.15) is 5.76 Å². The number of rotatable bonds is 14. The fourth-order valence-corrected chi connectivity index (χ4v) is 5.47. The lowest BCUT2D eigenvalue weighted by atomic mass is 10.1. The van der Waals surface area contributed by atoms with Gasteiger partial charge in [-0.2, -0.15) is 4.31 Å². The summed E-state index contributed by atoms with van der Waals surface area (Å²) in [4.78, 5) is 17.3. The van der Waals surface area contributed by atoms with Crippen LogP contribution in [0, 0.1) is 0 Å². The third-order valence-corrected chi connectivity index (χ3v) is 7.93. The number of carbonyl (C=O) groups is 1. The van der Waals surface area contributed by atoms with Crippen molar-refractivity contribution >= 4 is 15.9 Å². The van der Waals surface area contributed by atoms with Gasteiger partial charge in [-0.25, -0.2) is 8.42 Å². The lowest BCUT2D eigenvalue weighted by Crippen LogP contribution is -2.47. The molecule has 34 heavy (non-hydrogen) atoms. The molecule has 2 aromatic rings. The van der Waals surface area contributed by atoms with E-state index in [1.54, 1.807) is 17.2 Å². The van der Waals surface area contributed by atoms with E-state index in [1.165, 1.54) is 4.31 Å². The molecule has 0 radical (unpaired) electrons. The minimum atomic E-state index is -3.54. The molecule has 0 unspecified atom stereocenters. The normalized spacial score (nSPS) is 15.0. The van der Waals surface area contributed by atoms with E-state index in [9.17, 15) is 13.2 Å². The van der Waals surface area contributed by atoms with Gasteiger partial charge in [-0.05, 0) is 30.5 Å². The van der Waals surface area contributed by atoms with Gasteiger partial charge in [0.2, 0.25) is 15.9 Å². The number of hydrogen-bond acceptors (Lipinski definition) is 6. The quantitative estimate of drug-likeness (QED) is 0.404. The SMILES string of the molecule is CCCCS(=O)(=O)N(CCN1CCOCC1)CC(=O)N(CCc1ccccc1)Cc1ccco1. The maximum absolute atomic E-state index is 13.4. The van der Waals surface area contributed by atoms with Gasteiger partial charge >= 0.3 is 0 Å². The van der Waals surface area contributed by atoms with Crippen LogP contribution in [0.25, 0.3) is 0 Å². The number of ether oxygens (including phenoxy) is 1. The summed E-state index contributed by atoms with van der Waals surface area (Å²) >= 11 is 0. The second-order valence-corrected chi connectivity index (χ2v) is 10.7. The Hall–Kier alpha value is -2.20. The number of sulfonamides is 1. The second-order valence-electron chi connectivity index (χ2n) is 8.59. The van der Waals surface area contributed by atoms with E-state index < -0.39 is 10.0 Å². The van der Waals surface area contributed by atoms with E-state index >= 15 is 0 Å². The molecule has 1 amide bonds. The molecule has 1 aliphatic heterocycles. The van der Waals surface area contributed by atoms with Crippen LogP contribution in [0.1, 0.15) is 31.1 Å². The summed E-state index contributed by atoms with van der Waals surface area (Å²) in [5.74, 6) is 0.520. The van der Waals surface area contributed by atoms with E-state index in [2.05, 4.69) is 4.90 Å². The van der Waals surface area contributed by atoms with Crippen LogP contribution in [0.5, 0.6) is 0 Å². The number of morpholine rings is 1. The van der Waals surface area contributed by atoms with Crippen molar-refractivity contribution in [2.45, 2.75) is 32.7 Å². The van der Waals surface area contributed by atoms with E-state index in [0.717, 1.165) is 25.1 Å². The molecule has 1 aromatic carbocycles. The van der Waals surface area contributed by atoms with Gasteiger partial charge in [-0.3, -0.25) is 9.69 Å². The first-order valence-electron chi connectivity index (χ1n) is 12.1. The van der Waals surface area contributed by atoms with Gasteiger partial charge in [-0.1, -0.05) is 43.7 Å². The van der Waals surface area contributed by atoms with Crippen molar-refractivity contribution in [2.24, 2.45) is 0 Å². The molecule has 0 saturated carbocycles. The predicted octanol–water partition coefficient (Wildman–Crippen LogP) is 2.62. The predicted molar refractivity (Wildman–Crippen MR) is 132 cm³/mol. The second kappa shape index (κ2) is 13.6. The van der Waals surface area contributed by atoms with Crippen molar-refractivity contribution in [2.75, 3.05) is 58.2 Å². The third kappa shape index (κ3) is 8.54. The lowest BCUT2D eigenvalue weighted by Gasteiger charge is -2.31. The van der Waals surface area contributed by atoms with Crippen molar-refractivity contribution in [3.05, 3.63) is 60.1 Å². The molecule has 0 aliphatic carbocycles. The number of furan rings is 1. The summed E-state index contributed by atoms with van der Waals surface area (Å²) in [6.45, 7) is 6.34. The topological polar surface area (TPSA) is 83.3 Å². The zero-order chi connectivity index (χ0) is 24.2. The first kappa shape index (κ1) is 26.4. The van der Waals surface area contributed by atoms with Crippen molar-refractivity contribution in [3.63, 3.8) is 0 Å². The van der Waals surface area contributed by atoms with Crippen LogP contribution in [0.15, 0.2) is 53.1 Å². The molecule has 9 heteroatoms. The molecule has 3 rings (SSSR count). The van der Waals surface area contributed by atoms with Crippen LogP contribution in [-0.4, -0.2) is 86.7 Å². The molecule has 8 nitrogen and oxygen atoms in total. The molecule has 0 atom stereocenters. The van der Waals surface area contributed by atoms with Crippen molar-refractivity contribution in [1.82, 2.24) is 14.1 Å². The van der Waals surface area contributed by atoms with Crippen LogP contribution in [0.3, 0.4) is 0 Å². The highest BCUT2D eigenvalue weighted by Crippen LogP contribution is 2.12. The lowest BCUT2D eigenvalue weighted by molar-refractivity contribution is -0.132. The Morgan fingerprint density at radius 1 is 1.06 bits per heavy atom. The van der Waals surface area contributed by atoms with Crippen molar-refractivity contribution in [1.29, 1.82) is 0 Å². The molecule has 0 bridgehead atoms. The Morgan fingerprint density at radius 3 is 2.50 bits per heavy atom. The zero-order valence-corrected chi connectivity index (χ0v) is 20.9. The van der Waals surface area contributed by atoms with Crippen molar-refractivity contribution < 1.29 is 22.4 Å². The molecule has 0 N–H and O–H groups in total. The molecule has 0 spiro atoms. The molecular weight excluding hydrogens is 454 g/mol. The zero-order valence-electron chi connectivity index (χ0n) is 20.1. The monoisotopic (exact) mass is 491 g/mol. The van der Waals surface area contributed by atoms with Gasteiger partial charge in [0.15, 0.2) is 0 Å². The van der Waals surface area contributed by atoms with Gasteiger partial charge < -0.3 is 14.1 Å². The van der Waals surface area contributed by atoms with Crippen molar-refractivity contribution in [3.8, 4) is 0 Å². The molecule has 1 fully saturated rings.